The van der Waals surface area contributed by atoms with Gasteiger partial charge in [-0.15, -0.1) is 0 Å². The summed E-state index contributed by atoms with van der Waals surface area (Å²) < 4.78 is 13.5. The Morgan fingerprint density at radius 2 is 2.00 bits per heavy atom. The van der Waals surface area contributed by atoms with Crippen LogP contribution in [0, 0.1) is 11.2 Å². The van der Waals surface area contributed by atoms with Crippen LogP contribution in [0.1, 0.15) is 34.1 Å². The summed E-state index contributed by atoms with van der Waals surface area (Å²) in [6.07, 6.45) is 2.21. The molecule has 0 fully saturated rings. The lowest BCUT2D eigenvalue weighted by Crippen LogP contribution is -2.23. The zero-order valence-electron chi connectivity index (χ0n) is 11.0. The minimum atomic E-state index is -0.418. The highest BCUT2D eigenvalue weighted by Gasteiger charge is 2.16. The van der Waals surface area contributed by atoms with E-state index in [0.717, 1.165) is 6.42 Å². The highest BCUT2D eigenvalue weighted by atomic mass is 19.1. The normalized spacial score (nSPS) is 11.4. The van der Waals surface area contributed by atoms with Crippen LogP contribution in [0.2, 0.25) is 0 Å². The second-order valence-electron chi connectivity index (χ2n) is 4.79. The second kappa shape index (κ2) is 5.80. The Hall–Kier alpha value is -1.39. The molecule has 0 amide bonds. The van der Waals surface area contributed by atoms with E-state index in [2.05, 4.69) is 41.4 Å². The summed E-state index contributed by atoms with van der Waals surface area (Å²) in [4.78, 5) is 7.95. The fraction of sp³-hybridized carbons (Fsp3) is 0.667. The zero-order valence-corrected chi connectivity index (χ0v) is 11.0. The maximum absolute atomic E-state index is 13.5. The van der Waals surface area contributed by atoms with Crippen LogP contribution >= 0.6 is 0 Å². The van der Waals surface area contributed by atoms with Crippen molar-refractivity contribution in [3.63, 3.8) is 0 Å². The van der Waals surface area contributed by atoms with Crippen LogP contribution in [0.4, 0.5) is 16.2 Å². The van der Waals surface area contributed by atoms with E-state index in [1.165, 1.54) is 6.20 Å². The van der Waals surface area contributed by atoms with Crippen LogP contribution < -0.4 is 10.6 Å². The van der Waals surface area contributed by atoms with Gasteiger partial charge in [-0.25, -0.2) is 9.37 Å². The Morgan fingerprint density at radius 1 is 1.29 bits per heavy atom. The summed E-state index contributed by atoms with van der Waals surface area (Å²) in [5, 5.41) is 5.99. The van der Waals surface area contributed by atoms with Gasteiger partial charge in [0.25, 0.3) is 0 Å². The molecule has 0 saturated carbocycles. The number of anilines is 2. The molecule has 0 aromatic carbocycles. The molecule has 0 radical (unpaired) electrons. The van der Waals surface area contributed by atoms with Crippen molar-refractivity contribution in [2.45, 2.75) is 34.1 Å². The number of hydrogen-bond acceptors (Lipinski definition) is 4. The van der Waals surface area contributed by atoms with Gasteiger partial charge in [-0.3, -0.25) is 0 Å². The lowest BCUT2D eigenvalue weighted by atomic mass is 9.90. The van der Waals surface area contributed by atoms with Gasteiger partial charge >= 0.3 is 0 Å². The summed E-state index contributed by atoms with van der Waals surface area (Å²) in [7, 11) is 0. The van der Waals surface area contributed by atoms with Crippen LogP contribution in [0.25, 0.3) is 0 Å². The molecule has 0 atom stereocenters. The van der Waals surface area contributed by atoms with E-state index in [1.807, 2.05) is 6.92 Å². The van der Waals surface area contributed by atoms with Crippen LogP contribution in [0.15, 0.2) is 6.20 Å². The molecule has 17 heavy (non-hydrogen) atoms. The summed E-state index contributed by atoms with van der Waals surface area (Å²) in [5.74, 6) is 0.293. The monoisotopic (exact) mass is 240 g/mol. The van der Waals surface area contributed by atoms with Gasteiger partial charge in [0.1, 0.15) is 0 Å². The van der Waals surface area contributed by atoms with Crippen molar-refractivity contribution in [3.05, 3.63) is 12.0 Å². The summed E-state index contributed by atoms with van der Waals surface area (Å²) in [6, 6.07) is 0. The number of nitrogens with one attached hydrogen (secondary N) is 2. The quantitative estimate of drug-likeness (QED) is 0.802. The summed E-state index contributed by atoms with van der Waals surface area (Å²) in [6.45, 7) is 9.71. The highest BCUT2D eigenvalue weighted by molar-refractivity contribution is 5.41. The Morgan fingerprint density at radius 3 is 2.59 bits per heavy atom. The predicted molar refractivity (Wildman–Crippen MR) is 68.7 cm³/mol. The fourth-order valence-electron chi connectivity index (χ4n) is 1.18. The minimum absolute atomic E-state index is 0.121. The molecule has 1 heterocycles. The Bertz CT molecular complexity index is 366. The average Bonchev–Trinajstić information content (AvgIpc) is 2.30. The molecule has 4 nitrogen and oxygen atoms in total. The Balaban J connectivity index is 2.72. The predicted octanol–water partition coefficient (Wildman–Crippen LogP) is 2.90. The molecule has 1 rings (SSSR count). The number of hydrogen-bond donors (Lipinski definition) is 2. The minimum Gasteiger partial charge on any atom is -0.367 e. The van der Waals surface area contributed by atoms with Gasteiger partial charge in [0.05, 0.1) is 6.20 Å². The maximum atomic E-state index is 13.5. The van der Waals surface area contributed by atoms with Crippen LogP contribution in [-0.2, 0) is 0 Å². The van der Waals surface area contributed by atoms with E-state index < -0.39 is 5.82 Å². The maximum Gasteiger partial charge on any atom is 0.224 e. The van der Waals surface area contributed by atoms with Gasteiger partial charge in [0.2, 0.25) is 5.95 Å². The number of rotatable bonds is 6. The fourth-order valence-corrected chi connectivity index (χ4v) is 1.18. The standard InChI is InChI=1S/C12H21FN4/c1-5-12(3,4)8-16-10-9(13)7-15-11(17-10)14-6-2/h7H,5-6,8H2,1-4H3,(H2,14,15,16,17). The third kappa shape index (κ3) is 4.17. The van der Waals surface area contributed by atoms with E-state index in [1.54, 1.807) is 0 Å². The first-order chi connectivity index (χ1) is 7.98. The third-order valence-electron chi connectivity index (χ3n) is 2.77. The van der Waals surface area contributed by atoms with Gasteiger partial charge in [0, 0.05) is 13.1 Å². The van der Waals surface area contributed by atoms with Crippen molar-refractivity contribution in [2.24, 2.45) is 5.41 Å². The van der Waals surface area contributed by atoms with Gasteiger partial charge in [-0.2, -0.15) is 4.98 Å². The first-order valence-corrected chi connectivity index (χ1v) is 5.99. The molecule has 1 aromatic heterocycles. The molecule has 96 valence electrons. The molecule has 1 aromatic rings. The summed E-state index contributed by atoms with van der Waals surface area (Å²) in [5.41, 5.74) is 0.121. The topological polar surface area (TPSA) is 49.8 Å². The van der Waals surface area contributed by atoms with Crippen molar-refractivity contribution in [2.75, 3.05) is 23.7 Å². The van der Waals surface area contributed by atoms with E-state index in [9.17, 15) is 4.39 Å². The largest absolute Gasteiger partial charge is 0.367 e. The van der Waals surface area contributed by atoms with E-state index in [-0.39, 0.29) is 11.2 Å². The van der Waals surface area contributed by atoms with E-state index >= 15 is 0 Å². The SMILES string of the molecule is CCNc1ncc(F)c(NCC(C)(C)CC)n1. The molecule has 0 spiro atoms. The zero-order chi connectivity index (χ0) is 12.9. The number of halogens is 1. The molecule has 0 aliphatic rings. The van der Waals surface area contributed by atoms with Crippen molar-refractivity contribution in [1.29, 1.82) is 0 Å². The summed E-state index contributed by atoms with van der Waals surface area (Å²) >= 11 is 0. The van der Waals surface area contributed by atoms with E-state index in [4.69, 9.17) is 0 Å². The molecule has 2 N–H and O–H groups in total. The average molecular weight is 240 g/mol. The molecule has 0 unspecified atom stereocenters. The van der Waals surface area contributed by atoms with Crippen molar-refractivity contribution in [3.8, 4) is 0 Å². The van der Waals surface area contributed by atoms with Crippen molar-refractivity contribution >= 4 is 11.8 Å². The van der Waals surface area contributed by atoms with Gasteiger partial charge < -0.3 is 10.6 Å². The van der Waals surface area contributed by atoms with Gasteiger partial charge in [-0.1, -0.05) is 20.8 Å². The molecule has 0 bridgehead atoms. The molecular weight excluding hydrogens is 219 g/mol. The molecule has 0 aliphatic heterocycles. The van der Waals surface area contributed by atoms with E-state index in [0.29, 0.717) is 19.0 Å². The lowest BCUT2D eigenvalue weighted by Gasteiger charge is -2.23. The van der Waals surface area contributed by atoms with Gasteiger partial charge in [-0.05, 0) is 18.8 Å². The first-order valence-electron chi connectivity index (χ1n) is 5.99. The molecule has 0 aliphatic carbocycles. The number of aromatic nitrogens is 2. The Kier molecular flexibility index (Phi) is 4.66. The first kappa shape index (κ1) is 13.7. The van der Waals surface area contributed by atoms with Crippen molar-refractivity contribution < 1.29 is 4.39 Å². The van der Waals surface area contributed by atoms with Crippen LogP contribution in [0.5, 0.6) is 0 Å². The second-order valence-corrected chi connectivity index (χ2v) is 4.79. The van der Waals surface area contributed by atoms with Crippen LogP contribution in [-0.4, -0.2) is 23.1 Å². The Labute approximate surface area is 102 Å². The molecule has 0 saturated heterocycles. The highest BCUT2D eigenvalue weighted by Crippen LogP contribution is 2.21. The van der Waals surface area contributed by atoms with Crippen molar-refractivity contribution in [1.82, 2.24) is 9.97 Å². The van der Waals surface area contributed by atoms with Gasteiger partial charge in [0.15, 0.2) is 11.6 Å². The smallest absolute Gasteiger partial charge is 0.224 e. The molecular formula is C12H21FN4. The molecule has 5 heteroatoms. The van der Waals surface area contributed by atoms with Crippen LogP contribution in [0.3, 0.4) is 0 Å². The third-order valence-corrected chi connectivity index (χ3v) is 2.77. The lowest BCUT2D eigenvalue weighted by molar-refractivity contribution is 0.376. The number of nitrogens with zero attached hydrogens (tertiary/aromatic N) is 2.